The number of esters is 5. The molecule has 2 rings (SSSR count). The molecule has 1 saturated heterocycles. The first-order chi connectivity index (χ1) is 19.3. The predicted octanol–water partition coefficient (Wildman–Crippen LogP) is 0.724. The minimum atomic E-state index is -2.26. The molecule has 1 heterocycles. The van der Waals surface area contributed by atoms with Gasteiger partial charge in [0.05, 0.1) is 26.2 Å². The van der Waals surface area contributed by atoms with Crippen LogP contribution in [0, 0.1) is 0 Å². The third-order valence-corrected chi connectivity index (χ3v) is 5.81. The molecule has 1 N–H and O–H groups in total. The molecule has 1 aromatic carbocycles. The van der Waals surface area contributed by atoms with E-state index in [-0.39, 0.29) is 6.61 Å². The number of hydrogen-bond acceptors (Lipinski definition) is 13. The van der Waals surface area contributed by atoms with Crippen molar-refractivity contribution in [2.24, 2.45) is 0 Å². The van der Waals surface area contributed by atoms with E-state index in [0.29, 0.717) is 5.56 Å². The summed E-state index contributed by atoms with van der Waals surface area (Å²) in [6.07, 6.45) is -6.41. The highest BCUT2D eigenvalue weighted by Gasteiger charge is 2.59. The first-order valence-corrected chi connectivity index (χ1v) is 12.6. The van der Waals surface area contributed by atoms with Crippen molar-refractivity contribution in [3.63, 3.8) is 0 Å². The quantitative estimate of drug-likeness (QED) is 0.270. The lowest BCUT2D eigenvalue weighted by Gasteiger charge is -2.48. The van der Waals surface area contributed by atoms with Gasteiger partial charge in [0.2, 0.25) is 5.91 Å². The van der Waals surface area contributed by atoms with E-state index in [1.54, 1.807) is 30.3 Å². The van der Waals surface area contributed by atoms with Crippen LogP contribution in [0.5, 0.6) is 0 Å². The molecule has 0 aliphatic carbocycles. The lowest BCUT2D eigenvalue weighted by molar-refractivity contribution is -0.317. The highest BCUT2D eigenvalue weighted by Crippen LogP contribution is 2.37. The van der Waals surface area contributed by atoms with Crippen molar-refractivity contribution in [2.45, 2.75) is 83.9 Å². The van der Waals surface area contributed by atoms with Crippen LogP contribution in [0.15, 0.2) is 30.3 Å². The number of carbonyl (C=O) groups excluding carboxylic acids is 6. The average molecular weight is 582 g/mol. The number of hydrogen-bond donors (Lipinski definition) is 1. The Morgan fingerprint density at radius 3 is 2.07 bits per heavy atom. The van der Waals surface area contributed by atoms with Gasteiger partial charge >= 0.3 is 29.8 Å². The third-order valence-electron chi connectivity index (χ3n) is 5.81. The molecule has 41 heavy (non-hydrogen) atoms. The fraction of sp³-hybridized carbons (Fsp3) is 0.556. The van der Waals surface area contributed by atoms with Gasteiger partial charge in [-0.15, -0.1) is 0 Å². The fourth-order valence-electron chi connectivity index (χ4n) is 4.32. The number of nitrogens with one attached hydrogen (secondary N) is 1. The van der Waals surface area contributed by atoms with Crippen molar-refractivity contribution < 1.29 is 61.9 Å². The average Bonchev–Trinajstić information content (AvgIpc) is 2.89. The van der Waals surface area contributed by atoms with Gasteiger partial charge in [0.25, 0.3) is 5.79 Å². The summed E-state index contributed by atoms with van der Waals surface area (Å²) < 4.78 is 38.5. The first kappa shape index (κ1) is 33.2. The van der Waals surface area contributed by atoms with E-state index in [1.165, 1.54) is 6.92 Å². The second kappa shape index (κ2) is 15.1. The van der Waals surface area contributed by atoms with Crippen LogP contribution in [0.25, 0.3) is 0 Å². The first-order valence-electron chi connectivity index (χ1n) is 12.6. The van der Waals surface area contributed by atoms with Crippen molar-refractivity contribution in [3.05, 3.63) is 35.9 Å². The minimum Gasteiger partial charge on any atom is -0.465 e. The lowest BCUT2D eigenvalue weighted by atomic mass is 9.88. The van der Waals surface area contributed by atoms with E-state index in [4.69, 9.17) is 33.2 Å². The van der Waals surface area contributed by atoms with Gasteiger partial charge in [-0.25, -0.2) is 4.79 Å². The minimum absolute atomic E-state index is 0.167. The van der Waals surface area contributed by atoms with Gasteiger partial charge in [-0.3, -0.25) is 24.0 Å². The molecule has 6 atom stereocenters. The highest BCUT2D eigenvalue weighted by molar-refractivity contribution is 5.79. The van der Waals surface area contributed by atoms with E-state index in [1.807, 2.05) is 0 Å². The molecule has 0 unspecified atom stereocenters. The van der Waals surface area contributed by atoms with Crippen molar-refractivity contribution in [3.8, 4) is 0 Å². The smallest absolute Gasteiger partial charge is 0.366 e. The molecule has 0 saturated carbocycles. The van der Waals surface area contributed by atoms with Gasteiger partial charge in [-0.1, -0.05) is 30.3 Å². The Balaban J connectivity index is 2.71. The summed E-state index contributed by atoms with van der Waals surface area (Å²) in [4.78, 5) is 73.5. The maximum Gasteiger partial charge on any atom is 0.366 e. The molecular formula is C27H35NO13. The zero-order chi connectivity index (χ0) is 30.7. The molecule has 1 amide bonds. The largest absolute Gasteiger partial charge is 0.465 e. The summed E-state index contributed by atoms with van der Waals surface area (Å²) in [5, 5.41) is 2.59. The maximum atomic E-state index is 13.3. The van der Waals surface area contributed by atoms with Crippen LogP contribution in [-0.2, 0) is 68.5 Å². The molecule has 1 aliphatic rings. The number of ether oxygens (including phenoxy) is 7. The van der Waals surface area contributed by atoms with Crippen LogP contribution in [0.2, 0.25) is 0 Å². The molecule has 14 nitrogen and oxygen atoms in total. The Morgan fingerprint density at radius 1 is 0.927 bits per heavy atom. The Labute approximate surface area is 236 Å². The Hall–Kier alpha value is -4.04. The van der Waals surface area contributed by atoms with E-state index < -0.39 is 85.0 Å². The van der Waals surface area contributed by atoms with E-state index in [9.17, 15) is 28.8 Å². The van der Waals surface area contributed by atoms with E-state index in [2.05, 4.69) is 5.32 Å². The van der Waals surface area contributed by atoms with Gasteiger partial charge in [0, 0.05) is 34.6 Å². The van der Waals surface area contributed by atoms with Crippen LogP contribution in [0.4, 0.5) is 0 Å². The van der Waals surface area contributed by atoms with Crippen molar-refractivity contribution in [2.75, 3.05) is 13.7 Å². The lowest BCUT2D eigenvalue weighted by Crippen LogP contribution is -2.69. The topological polar surface area (TPSA) is 179 Å². The zero-order valence-corrected chi connectivity index (χ0v) is 23.7. The Morgan fingerprint density at radius 2 is 1.56 bits per heavy atom. The summed E-state index contributed by atoms with van der Waals surface area (Å²) in [6, 6.07) is 7.47. The van der Waals surface area contributed by atoms with Gasteiger partial charge in [0.1, 0.15) is 18.8 Å². The second-order valence-electron chi connectivity index (χ2n) is 9.20. The van der Waals surface area contributed by atoms with Crippen molar-refractivity contribution >= 4 is 35.8 Å². The van der Waals surface area contributed by atoms with Gasteiger partial charge < -0.3 is 38.5 Å². The van der Waals surface area contributed by atoms with Crippen molar-refractivity contribution in [1.82, 2.24) is 5.32 Å². The van der Waals surface area contributed by atoms with Gasteiger partial charge in [-0.05, 0) is 5.56 Å². The molecular weight excluding hydrogens is 546 g/mol. The van der Waals surface area contributed by atoms with E-state index in [0.717, 1.165) is 34.8 Å². The molecule has 1 fully saturated rings. The zero-order valence-electron chi connectivity index (χ0n) is 23.7. The molecule has 1 aromatic rings. The van der Waals surface area contributed by atoms with E-state index >= 15 is 0 Å². The number of benzene rings is 1. The summed E-state index contributed by atoms with van der Waals surface area (Å²) in [6.45, 7) is 4.78. The molecule has 0 bridgehead atoms. The molecule has 0 aromatic heterocycles. The summed E-state index contributed by atoms with van der Waals surface area (Å²) in [5.74, 6) is -7.09. The van der Waals surface area contributed by atoms with Gasteiger partial charge in [0.15, 0.2) is 12.2 Å². The standard InChI is InChI=1S/C27H35NO13/c1-15(29)28-23-21(38-17(3)31)12-27(26(34)35-6,37-13-20-10-8-7-9-11-20)41-25(23)24(40-19(5)33)22(39-18(4)32)14-36-16(2)30/h7-11,21-25H,12-14H2,1-6H3,(H,28,29)/t21-,22+,23+,24+,25+,27+/m0/s1. The third kappa shape index (κ3) is 9.83. The fourth-order valence-corrected chi connectivity index (χ4v) is 4.32. The Kier molecular flexibility index (Phi) is 12.2. The molecule has 0 spiro atoms. The van der Waals surface area contributed by atoms with Crippen LogP contribution in [0.1, 0.15) is 46.6 Å². The summed E-state index contributed by atoms with van der Waals surface area (Å²) in [7, 11) is 1.08. The number of amides is 1. The van der Waals surface area contributed by atoms with Crippen LogP contribution >= 0.6 is 0 Å². The van der Waals surface area contributed by atoms with Crippen LogP contribution in [-0.4, -0.2) is 85.7 Å². The number of methoxy groups -OCH3 is 1. The number of rotatable bonds is 12. The molecule has 226 valence electrons. The second-order valence-corrected chi connectivity index (χ2v) is 9.20. The summed E-state index contributed by atoms with van der Waals surface area (Å²) >= 11 is 0. The highest BCUT2D eigenvalue weighted by atomic mass is 16.7. The SMILES string of the molecule is COC(=O)[C@@]1(OCc2ccccc2)C[C@H](OC(C)=O)[C@@H](NC(C)=O)[C@H]([C@H](OC(C)=O)[C@@H](COC(C)=O)OC(C)=O)O1. The van der Waals surface area contributed by atoms with Crippen molar-refractivity contribution in [1.29, 1.82) is 0 Å². The summed E-state index contributed by atoms with van der Waals surface area (Å²) in [5.41, 5.74) is 0.646. The van der Waals surface area contributed by atoms with Crippen LogP contribution < -0.4 is 5.32 Å². The number of carbonyl (C=O) groups is 6. The molecule has 14 heteroatoms. The monoisotopic (exact) mass is 581 g/mol. The molecule has 1 aliphatic heterocycles. The predicted molar refractivity (Wildman–Crippen MR) is 136 cm³/mol. The maximum absolute atomic E-state index is 13.3. The van der Waals surface area contributed by atoms with Crippen LogP contribution in [0.3, 0.4) is 0 Å². The van der Waals surface area contributed by atoms with Gasteiger partial charge in [-0.2, -0.15) is 0 Å². The Bertz CT molecular complexity index is 1110. The normalized spacial score (nSPS) is 23.2. The molecule has 0 radical (unpaired) electrons.